The smallest absolute Gasteiger partial charge is 0.256 e. The molecule has 0 saturated carbocycles. The maximum atomic E-state index is 14.1. The van der Waals surface area contributed by atoms with Gasteiger partial charge in [0.25, 0.3) is 5.56 Å². The van der Waals surface area contributed by atoms with Crippen molar-refractivity contribution in [1.29, 1.82) is 0 Å². The number of aromatic nitrogens is 5. The van der Waals surface area contributed by atoms with Crippen LogP contribution in [0.1, 0.15) is 56.6 Å². The minimum Gasteiger partial charge on any atom is -0.381 e. The van der Waals surface area contributed by atoms with E-state index in [-0.39, 0.29) is 11.5 Å². The molecule has 0 bridgehead atoms. The highest BCUT2D eigenvalue weighted by molar-refractivity contribution is 5.77. The summed E-state index contributed by atoms with van der Waals surface area (Å²) in [6, 6.07) is 16.7. The van der Waals surface area contributed by atoms with Crippen LogP contribution in [0.15, 0.2) is 78.1 Å². The van der Waals surface area contributed by atoms with Crippen molar-refractivity contribution in [3.63, 3.8) is 0 Å². The third kappa shape index (κ3) is 6.17. The first kappa shape index (κ1) is 28.6. The van der Waals surface area contributed by atoms with Gasteiger partial charge in [-0.1, -0.05) is 13.8 Å². The summed E-state index contributed by atoms with van der Waals surface area (Å²) in [6.45, 7) is 6.75. The Morgan fingerprint density at radius 1 is 1.05 bits per heavy atom. The van der Waals surface area contributed by atoms with Crippen LogP contribution in [0.3, 0.4) is 0 Å². The normalized spacial score (nSPS) is 15.2. The molecule has 0 radical (unpaired) electrons. The topological polar surface area (TPSA) is 102 Å². The summed E-state index contributed by atoms with van der Waals surface area (Å²) in [6.07, 6.45) is 11.6. The Hall–Kier alpha value is -4.50. The third-order valence-corrected chi connectivity index (χ3v) is 8.53. The van der Waals surface area contributed by atoms with E-state index in [9.17, 15) is 4.79 Å². The molecule has 1 aliphatic heterocycles. The van der Waals surface area contributed by atoms with Gasteiger partial charge in [0.1, 0.15) is 5.65 Å². The molecule has 0 spiro atoms. The monoisotopic (exact) mass is 576 g/mol. The predicted octanol–water partition coefficient (Wildman–Crippen LogP) is 6.05. The number of rotatable bonds is 10. The van der Waals surface area contributed by atoms with E-state index < -0.39 is 0 Å². The van der Waals surface area contributed by atoms with Gasteiger partial charge in [-0.05, 0) is 92.2 Å². The molecule has 1 saturated heterocycles. The van der Waals surface area contributed by atoms with Crippen molar-refractivity contribution >= 4 is 28.4 Å². The fourth-order valence-electron chi connectivity index (χ4n) is 6.18. The fourth-order valence-corrected chi connectivity index (χ4v) is 6.18. The number of nitrogens with one attached hydrogen (secondary N) is 3. The van der Waals surface area contributed by atoms with Crippen molar-refractivity contribution in [2.45, 2.75) is 58.0 Å². The van der Waals surface area contributed by atoms with Crippen molar-refractivity contribution in [3.05, 3.63) is 94.8 Å². The van der Waals surface area contributed by atoms with Crippen molar-refractivity contribution in [2.24, 2.45) is 7.05 Å². The number of aryl methyl sites for hydroxylation is 1. The molecule has 3 N–H and O–H groups in total. The SMILES string of the molecule is CCC(CC)c1cc2cnc(Nc3ccc(NC4CCCNC4)cc3)nc2n(Cc2ccn(C)c2-c2ccncc2)c1=O. The van der Waals surface area contributed by atoms with Crippen LogP contribution >= 0.6 is 0 Å². The first-order valence-corrected chi connectivity index (χ1v) is 15.3. The molecule has 5 aromatic rings. The number of piperidine rings is 1. The van der Waals surface area contributed by atoms with E-state index in [1.807, 2.05) is 54.3 Å². The van der Waals surface area contributed by atoms with E-state index in [1.165, 1.54) is 12.8 Å². The lowest BCUT2D eigenvalue weighted by molar-refractivity contribution is 0.480. The molecule has 1 aliphatic rings. The molecule has 1 atom stereocenters. The number of benzene rings is 1. The van der Waals surface area contributed by atoms with Crippen LogP contribution in [0.2, 0.25) is 0 Å². The van der Waals surface area contributed by atoms with Gasteiger partial charge >= 0.3 is 0 Å². The number of hydrogen-bond donors (Lipinski definition) is 3. The highest BCUT2D eigenvalue weighted by atomic mass is 16.1. The lowest BCUT2D eigenvalue weighted by atomic mass is 9.94. The largest absolute Gasteiger partial charge is 0.381 e. The zero-order chi connectivity index (χ0) is 29.8. The highest BCUT2D eigenvalue weighted by Crippen LogP contribution is 2.28. The van der Waals surface area contributed by atoms with Gasteiger partial charge in [0.2, 0.25) is 5.95 Å². The second-order valence-electron chi connectivity index (χ2n) is 11.4. The molecule has 0 amide bonds. The van der Waals surface area contributed by atoms with Crippen LogP contribution < -0.4 is 21.5 Å². The van der Waals surface area contributed by atoms with Gasteiger partial charge in [-0.3, -0.25) is 14.3 Å². The average Bonchev–Trinajstić information content (AvgIpc) is 3.41. The number of hydrogen-bond acceptors (Lipinski definition) is 7. The third-order valence-electron chi connectivity index (χ3n) is 8.53. The molecule has 9 nitrogen and oxygen atoms in total. The van der Waals surface area contributed by atoms with Crippen molar-refractivity contribution in [3.8, 4) is 11.3 Å². The highest BCUT2D eigenvalue weighted by Gasteiger charge is 2.20. The van der Waals surface area contributed by atoms with E-state index in [0.29, 0.717) is 24.2 Å². The lowest BCUT2D eigenvalue weighted by Crippen LogP contribution is -2.38. The van der Waals surface area contributed by atoms with Crippen LogP contribution in [-0.4, -0.2) is 43.2 Å². The second kappa shape index (κ2) is 12.8. The molecule has 1 unspecified atom stereocenters. The van der Waals surface area contributed by atoms with Gasteiger partial charge in [0.15, 0.2) is 0 Å². The molecule has 0 aliphatic carbocycles. The molecule has 4 aromatic heterocycles. The Bertz CT molecular complexity index is 1730. The fraction of sp³-hybridized carbons (Fsp3) is 0.353. The molecular formula is C34H40N8O. The van der Waals surface area contributed by atoms with Crippen LogP contribution in [0.5, 0.6) is 0 Å². The molecule has 9 heteroatoms. The van der Waals surface area contributed by atoms with Gasteiger partial charge < -0.3 is 20.5 Å². The Balaban J connectivity index is 1.35. The number of nitrogens with zero attached hydrogens (tertiary/aromatic N) is 5. The zero-order valence-electron chi connectivity index (χ0n) is 25.2. The van der Waals surface area contributed by atoms with E-state index >= 15 is 0 Å². The van der Waals surface area contributed by atoms with Crippen LogP contribution in [0, 0.1) is 0 Å². The van der Waals surface area contributed by atoms with Crippen molar-refractivity contribution in [1.82, 2.24) is 29.4 Å². The second-order valence-corrected chi connectivity index (χ2v) is 11.4. The lowest BCUT2D eigenvalue weighted by Gasteiger charge is -2.24. The average molecular weight is 577 g/mol. The Morgan fingerprint density at radius 2 is 1.81 bits per heavy atom. The number of anilines is 3. The molecule has 5 heterocycles. The van der Waals surface area contributed by atoms with E-state index in [2.05, 4.69) is 62.5 Å². The van der Waals surface area contributed by atoms with E-state index in [0.717, 1.165) is 65.1 Å². The molecule has 1 fully saturated rings. The Labute approximate surface area is 252 Å². The summed E-state index contributed by atoms with van der Waals surface area (Å²) >= 11 is 0. The zero-order valence-corrected chi connectivity index (χ0v) is 25.2. The minimum atomic E-state index is 0.00279. The van der Waals surface area contributed by atoms with Crippen LogP contribution in [0.4, 0.5) is 17.3 Å². The van der Waals surface area contributed by atoms with Crippen LogP contribution in [-0.2, 0) is 13.6 Å². The van der Waals surface area contributed by atoms with Gasteiger partial charge in [-0.2, -0.15) is 4.98 Å². The van der Waals surface area contributed by atoms with Gasteiger partial charge in [0.05, 0.1) is 12.2 Å². The van der Waals surface area contributed by atoms with Crippen LogP contribution in [0.25, 0.3) is 22.3 Å². The molecule has 1 aromatic carbocycles. The summed E-state index contributed by atoms with van der Waals surface area (Å²) in [4.78, 5) is 27.9. The summed E-state index contributed by atoms with van der Waals surface area (Å²) in [7, 11) is 2.03. The summed E-state index contributed by atoms with van der Waals surface area (Å²) in [5.41, 5.74) is 6.57. The first-order chi connectivity index (χ1) is 21.0. The summed E-state index contributed by atoms with van der Waals surface area (Å²) < 4.78 is 3.91. The first-order valence-electron chi connectivity index (χ1n) is 15.3. The van der Waals surface area contributed by atoms with Gasteiger partial charge in [-0.25, -0.2) is 4.98 Å². The maximum Gasteiger partial charge on any atom is 0.256 e. The molecule has 43 heavy (non-hydrogen) atoms. The molecule has 222 valence electrons. The summed E-state index contributed by atoms with van der Waals surface area (Å²) in [5, 5.41) is 11.3. The predicted molar refractivity (Wildman–Crippen MR) is 174 cm³/mol. The number of pyridine rings is 2. The minimum absolute atomic E-state index is 0.00279. The standard InChI is InChI=1S/C34H40N8O/c1-4-23(5-2)30-19-26-20-37-34(39-28-10-8-27(9-11-28)38-29-7-6-15-36-21-29)40-32(26)42(33(30)43)22-25-14-18-41(3)31(25)24-12-16-35-17-13-24/h8-14,16-20,23,29,36,38H,4-7,15,21-22H2,1-3H3,(H,37,39,40). The quantitative estimate of drug-likeness (QED) is 0.186. The van der Waals surface area contributed by atoms with Gasteiger partial charge in [0, 0.05) is 72.3 Å². The number of fused-ring (bicyclic) bond motifs is 1. The molecule has 6 rings (SSSR count). The maximum absolute atomic E-state index is 14.1. The van der Waals surface area contributed by atoms with Crippen molar-refractivity contribution < 1.29 is 0 Å². The Morgan fingerprint density at radius 3 is 2.53 bits per heavy atom. The summed E-state index contributed by atoms with van der Waals surface area (Å²) in [5.74, 6) is 0.628. The molecular weight excluding hydrogens is 536 g/mol. The van der Waals surface area contributed by atoms with E-state index in [4.69, 9.17) is 4.98 Å². The van der Waals surface area contributed by atoms with Gasteiger partial charge in [-0.15, -0.1) is 0 Å². The van der Waals surface area contributed by atoms with Crippen molar-refractivity contribution in [2.75, 3.05) is 23.7 Å². The van der Waals surface area contributed by atoms with E-state index in [1.54, 1.807) is 12.4 Å². The Kier molecular flexibility index (Phi) is 8.51.